The van der Waals surface area contributed by atoms with Crippen LogP contribution in [0.2, 0.25) is 0 Å². The maximum absolute atomic E-state index is 9.50. The van der Waals surface area contributed by atoms with Gasteiger partial charge in [-0.25, -0.2) is 0 Å². The smallest absolute Gasteiger partial charge is 0.141 e. The summed E-state index contributed by atoms with van der Waals surface area (Å²) in [6.45, 7) is 0. The van der Waals surface area contributed by atoms with Crippen LogP contribution in [0.4, 0.5) is 0 Å². The second-order valence-corrected chi connectivity index (χ2v) is 3.13. The average Bonchev–Trinajstić information content (AvgIpc) is 2.62. The van der Waals surface area contributed by atoms with E-state index in [0.717, 1.165) is 0 Å². The second-order valence-electron chi connectivity index (χ2n) is 2.48. The van der Waals surface area contributed by atoms with Gasteiger partial charge in [0.25, 0.3) is 0 Å². The second kappa shape index (κ2) is 4.37. The first-order valence-electron chi connectivity index (χ1n) is 3.56. The minimum Gasteiger partial charge on any atom is -0.389 e. The van der Waals surface area contributed by atoms with Crippen LogP contribution in [0.15, 0.2) is 6.20 Å². The van der Waals surface area contributed by atoms with Crippen LogP contribution in [0.5, 0.6) is 0 Å². The van der Waals surface area contributed by atoms with Crippen LogP contribution in [0.25, 0.3) is 0 Å². The first-order valence-corrected chi connectivity index (χ1v) is 4.68. The summed E-state index contributed by atoms with van der Waals surface area (Å²) in [5.41, 5.74) is 0.488. The van der Waals surface area contributed by atoms with Crippen molar-refractivity contribution in [2.24, 2.45) is 0 Å². The van der Waals surface area contributed by atoms with Gasteiger partial charge in [0.2, 0.25) is 0 Å². The van der Waals surface area contributed by atoms with Gasteiger partial charge >= 0.3 is 0 Å². The number of rotatable bonds is 3. The number of halogens is 1. The van der Waals surface area contributed by atoms with E-state index in [-0.39, 0.29) is 11.0 Å². The molecule has 13 heavy (non-hydrogen) atoms. The standard InChI is InChI=1S/C7H8BrN3O2/c8-1-6(12)7(13)4-3-10-11-5(4)2-9/h3,6-7,12-13H,1H2,(H,10,11). The Morgan fingerprint density at radius 3 is 2.92 bits per heavy atom. The van der Waals surface area contributed by atoms with Crippen molar-refractivity contribution in [2.45, 2.75) is 12.2 Å². The van der Waals surface area contributed by atoms with E-state index >= 15 is 0 Å². The summed E-state index contributed by atoms with van der Waals surface area (Å²) in [4.78, 5) is 0. The number of nitrogens with one attached hydrogen (secondary N) is 1. The summed E-state index contributed by atoms with van der Waals surface area (Å²) in [5.74, 6) is 0. The molecule has 3 N–H and O–H groups in total. The van der Waals surface area contributed by atoms with Crippen molar-refractivity contribution in [1.29, 1.82) is 5.26 Å². The number of hydrogen-bond donors (Lipinski definition) is 3. The first-order chi connectivity index (χ1) is 6.20. The van der Waals surface area contributed by atoms with E-state index in [9.17, 15) is 10.2 Å². The Morgan fingerprint density at radius 2 is 2.38 bits per heavy atom. The summed E-state index contributed by atoms with van der Waals surface area (Å²) in [6.07, 6.45) is -0.702. The van der Waals surface area contributed by atoms with Crippen LogP contribution < -0.4 is 0 Å². The highest BCUT2D eigenvalue weighted by Gasteiger charge is 2.21. The SMILES string of the molecule is N#Cc1[nH]ncc1C(O)C(O)CBr. The zero-order valence-electron chi connectivity index (χ0n) is 6.61. The number of H-pyrrole nitrogens is 1. The lowest BCUT2D eigenvalue weighted by atomic mass is 10.1. The van der Waals surface area contributed by atoms with E-state index in [1.807, 2.05) is 6.07 Å². The van der Waals surface area contributed by atoms with E-state index in [2.05, 4.69) is 26.1 Å². The lowest BCUT2D eigenvalue weighted by molar-refractivity contribution is 0.0341. The number of aromatic nitrogens is 2. The molecular formula is C7H8BrN3O2. The summed E-state index contributed by atoms with van der Waals surface area (Å²) in [7, 11) is 0. The molecule has 6 heteroatoms. The Bertz CT molecular complexity index is 320. The van der Waals surface area contributed by atoms with Crippen LogP contribution in [0, 0.1) is 11.3 Å². The molecule has 0 aromatic carbocycles. The van der Waals surface area contributed by atoms with Crippen LogP contribution >= 0.6 is 15.9 Å². The normalized spacial score (nSPS) is 14.9. The van der Waals surface area contributed by atoms with Gasteiger partial charge in [0, 0.05) is 10.9 Å². The fourth-order valence-electron chi connectivity index (χ4n) is 0.901. The van der Waals surface area contributed by atoms with Crippen molar-refractivity contribution in [1.82, 2.24) is 10.2 Å². The van der Waals surface area contributed by atoms with E-state index in [0.29, 0.717) is 5.56 Å². The number of nitriles is 1. The summed E-state index contributed by atoms with van der Waals surface area (Å²) < 4.78 is 0. The lowest BCUT2D eigenvalue weighted by Gasteiger charge is -2.13. The van der Waals surface area contributed by atoms with Gasteiger partial charge in [-0.05, 0) is 0 Å². The molecule has 1 aromatic heterocycles. The molecule has 0 fully saturated rings. The maximum atomic E-state index is 9.50. The van der Waals surface area contributed by atoms with Gasteiger partial charge in [-0.15, -0.1) is 0 Å². The zero-order chi connectivity index (χ0) is 9.84. The third kappa shape index (κ3) is 2.06. The number of aromatic amines is 1. The van der Waals surface area contributed by atoms with Crippen molar-refractivity contribution in [3.63, 3.8) is 0 Å². The van der Waals surface area contributed by atoms with Crippen LogP contribution in [-0.2, 0) is 0 Å². The molecule has 0 bridgehead atoms. The molecule has 0 aliphatic carbocycles. The molecule has 1 heterocycles. The average molecular weight is 246 g/mol. The summed E-state index contributed by atoms with van der Waals surface area (Å²) in [6, 6.07) is 1.83. The minimum atomic E-state index is -1.09. The minimum absolute atomic E-state index is 0.174. The van der Waals surface area contributed by atoms with Crippen molar-refractivity contribution in [3.05, 3.63) is 17.5 Å². The largest absolute Gasteiger partial charge is 0.389 e. The molecule has 70 valence electrons. The van der Waals surface area contributed by atoms with E-state index in [1.54, 1.807) is 0 Å². The van der Waals surface area contributed by atoms with Gasteiger partial charge in [0.15, 0.2) is 0 Å². The molecule has 0 spiro atoms. The third-order valence-corrected chi connectivity index (χ3v) is 2.29. The van der Waals surface area contributed by atoms with Gasteiger partial charge in [0.1, 0.15) is 17.9 Å². The number of hydrogen-bond acceptors (Lipinski definition) is 4. The van der Waals surface area contributed by atoms with Gasteiger partial charge in [-0.1, -0.05) is 15.9 Å². The van der Waals surface area contributed by atoms with Crippen molar-refractivity contribution in [2.75, 3.05) is 5.33 Å². The number of nitrogens with zero attached hydrogens (tertiary/aromatic N) is 2. The molecule has 0 aliphatic rings. The van der Waals surface area contributed by atoms with Crippen LogP contribution in [-0.4, -0.2) is 31.8 Å². The topological polar surface area (TPSA) is 92.9 Å². The third-order valence-electron chi connectivity index (χ3n) is 1.62. The Balaban J connectivity index is 2.89. The Morgan fingerprint density at radius 1 is 1.69 bits per heavy atom. The van der Waals surface area contributed by atoms with Crippen LogP contribution in [0.1, 0.15) is 17.4 Å². The van der Waals surface area contributed by atoms with Gasteiger partial charge in [-0.3, -0.25) is 5.10 Å². The fraction of sp³-hybridized carbons (Fsp3) is 0.429. The Kier molecular flexibility index (Phi) is 3.42. The molecule has 2 atom stereocenters. The molecule has 0 aliphatic heterocycles. The highest BCUT2D eigenvalue weighted by molar-refractivity contribution is 9.09. The molecular weight excluding hydrogens is 238 g/mol. The molecule has 0 amide bonds. The molecule has 0 saturated carbocycles. The summed E-state index contributed by atoms with van der Waals surface area (Å²) in [5, 5.41) is 33.6. The van der Waals surface area contributed by atoms with E-state index < -0.39 is 12.2 Å². The molecule has 2 unspecified atom stereocenters. The van der Waals surface area contributed by atoms with Gasteiger partial charge < -0.3 is 10.2 Å². The van der Waals surface area contributed by atoms with E-state index in [4.69, 9.17) is 5.26 Å². The summed E-state index contributed by atoms with van der Waals surface area (Å²) >= 11 is 3.02. The van der Waals surface area contributed by atoms with Gasteiger partial charge in [-0.2, -0.15) is 10.4 Å². The highest BCUT2D eigenvalue weighted by Crippen LogP contribution is 2.19. The predicted octanol–water partition coefficient (Wildman–Crippen LogP) is 0.0706. The lowest BCUT2D eigenvalue weighted by Crippen LogP contribution is -2.19. The molecule has 5 nitrogen and oxygen atoms in total. The molecule has 0 saturated heterocycles. The fourth-order valence-corrected chi connectivity index (χ4v) is 1.26. The van der Waals surface area contributed by atoms with Gasteiger partial charge in [0.05, 0.1) is 12.3 Å². The van der Waals surface area contributed by atoms with Crippen LogP contribution in [0.3, 0.4) is 0 Å². The van der Waals surface area contributed by atoms with Crippen molar-refractivity contribution in [3.8, 4) is 6.07 Å². The Hall–Kier alpha value is -0.900. The predicted molar refractivity (Wildman–Crippen MR) is 48.1 cm³/mol. The number of aliphatic hydroxyl groups excluding tert-OH is 2. The molecule has 1 aromatic rings. The quantitative estimate of drug-likeness (QED) is 0.658. The first kappa shape index (κ1) is 10.2. The molecule has 0 radical (unpaired) electrons. The number of aliphatic hydroxyl groups is 2. The number of alkyl halides is 1. The van der Waals surface area contributed by atoms with E-state index in [1.165, 1.54) is 6.20 Å². The monoisotopic (exact) mass is 245 g/mol. The Labute approximate surface area is 83.1 Å². The van der Waals surface area contributed by atoms with Crippen molar-refractivity contribution >= 4 is 15.9 Å². The molecule has 1 rings (SSSR count). The maximum Gasteiger partial charge on any atom is 0.141 e. The highest BCUT2D eigenvalue weighted by atomic mass is 79.9. The zero-order valence-corrected chi connectivity index (χ0v) is 8.19. The van der Waals surface area contributed by atoms with Crippen molar-refractivity contribution < 1.29 is 10.2 Å².